The van der Waals surface area contributed by atoms with Crippen molar-refractivity contribution in [2.75, 3.05) is 0 Å². The van der Waals surface area contributed by atoms with Crippen molar-refractivity contribution >= 4 is 5.97 Å². The summed E-state index contributed by atoms with van der Waals surface area (Å²) in [5.74, 6) is -2.09. The van der Waals surface area contributed by atoms with Crippen LogP contribution in [0.25, 0.3) is 0 Å². The van der Waals surface area contributed by atoms with Crippen molar-refractivity contribution < 1.29 is 19.0 Å². The van der Waals surface area contributed by atoms with E-state index in [1.807, 2.05) is 0 Å². The second kappa shape index (κ2) is 3.25. The SMILES string of the molecule is O=C(O)c1ccc(OC2CC2)c(F)n1. The van der Waals surface area contributed by atoms with Gasteiger partial charge in [-0.15, -0.1) is 0 Å². The summed E-state index contributed by atoms with van der Waals surface area (Å²) in [4.78, 5) is 13.7. The van der Waals surface area contributed by atoms with Crippen molar-refractivity contribution in [1.29, 1.82) is 0 Å². The van der Waals surface area contributed by atoms with Crippen LogP contribution >= 0.6 is 0 Å². The molecule has 1 aliphatic carbocycles. The number of hydrogen-bond acceptors (Lipinski definition) is 3. The van der Waals surface area contributed by atoms with Crippen LogP contribution in [-0.2, 0) is 0 Å². The van der Waals surface area contributed by atoms with Crippen LogP contribution in [-0.4, -0.2) is 22.2 Å². The molecule has 1 aromatic rings. The summed E-state index contributed by atoms with van der Waals surface area (Å²) in [6.45, 7) is 0. The van der Waals surface area contributed by atoms with E-state index in [1.54, 1.807) is 0 Å². The number of halogens is 1. The van der Waals surface area contributed by atoms with Gasteiger partial charge in [0.2, 0.25) is 0 Å². The van der Waals surface area contributed by atoms with Crippen LogP contribution < -0.4 is 4.74 Å². The number of aromatic nitrogens is 1. The van der Waals surface area contributed by atoms with Gasteiger partial charge >= 0.3 is 5.97 Å². The first kappa shape index (κ1) is 8.93. The maximum Gasteiger partial charge on any atom is 0.354 e. The second-order valence-electron chi connectivity index (χ2n) is 3.11. The minimum absolute atomic E-state index is 0.0255. The third kappa shape index (κ3) is 1.81. The van der Waals surface area contributed by atoms with Gasteiger partial charge < -0.3 is 9.84 Å². The van der Waals surface area contributed by atoms with Gasteiger partial charge in [0, 0.05) is 0 Å². The topological polar surface area (TPSA) is 59.4 Å². The predicted octanol–water partition coefficient (Wildman–Crippen LogP) is 1.46. The summed E-state index contributed by atoms with van der Waals surface area (Å²) < 4.78 is 18.3. The van der Waals surface area contributed by atoms with Gasteiger partial charge in [0.05, 0.1) is 6.10 Å². The number of ether oxygens (including phenoxy) is 1. The highest BCUT2D eigenvalue weighted by atomic mass is 19.1. The minimum Gasteiger partial charge on any atom is -0.486 e. The Kier molecular flexibility index (Phi) is 2.07. The molecule has 1 fully saturated rings. The van der Waals surface area contributed by atoms with E-state index in [9.17, 15) is 9.18 Å². The summed E-state index contributed by atoms with van der Waals surface area (Å²) in [5.41, 5.74) is -0.314. The van der Waals surface area contributed by atoms with Crippen LogP contribution in [0.4, 0.5) is 4.39 Å². The lowest BCUT2D eigenvalue weighted by Gasteiger charge is -2.04. The average Bonchev–Trinajstić information content (AvgIpc) is 2.92. The van der Waals surface area contributed by atoms with Gasteiger partial charge in [-0.25, -0.2) is 9.78 Å². The maximum atomic E-state index is 13.1. The van der Waals surface area contributed by atoms with Crippen molar-refractivity contribution in [1.82, 2.24) is 4.98 Å². The number of pyridine rings is 1. The highest BCUT2D eigenvalue weighted by Crippen LogP contribution is 2.27. The van der Waals surface area contributed by atoms with E-state index in [0.717, 1.165) is 12.8 Å². The predicted molar refractivity (Wildman–Crippen MR) is 44.8 cm³/mol. The Bertz CT molecular complexity index is 376. The summed E-state index contributed by atoms with van der Waals surface area (Å²) in [6, 6.07) is 2.52. The highest BCUT2D eigenvalue weighted by Gasteiger charge is 2.25. The van der Waals surface area contributed by atoms with E-state index in [2.05, 4.69) is 4.98 Å². The maximum absolute atomic E-state index is 13.1. The lowest BCUT2D eigenvalue weighted by atomic mass is 10.3. The van der Waals surface area contributed by atoms with Crippen molar-refractivity contribution in [2.45, 2.75) is 18.9 Å². The fourth-order valence-corrected chi connectivity index (χ4v) is 0.994. The molecule has 1 aromatic heterocycles. The molecule has 5 heteroatoms. The highest BCUT2D eigenvalue weighted by molar-refractivity contribution is 5.85. The quantitative estimate of drug-likeness (QED) is 0.745. The molecular weight excluding hydrogens is 189 g/mol. The molecule has 1 N–H and O–H groups in total. The molecule has 0 radical (unpaired) electrons. The van der Waals surface area contributed by atoms with Crippen LogP contribution in [0, 0.1) is 5.95 Å². The van der Waals surface area contributed by atoms with Crippen LogP contribution in [0.2, 0.25) is 0 Å². The van der Waals surface area contributed by atoms with Gasteiger partial charge in [-0.1, -0.05) is 0 Å². The van der Waals surface area contributed by atoms with Gasteiger partial charge in [-0.3, -0.25) is 0 Å². The van der Waals surface area contributed by atoms with Gasteiger partial charge in [0.25, 0.3) is 5.95 Å². The Labute approximate surface area is 79.3 Å². The molecule has 1 heterocycles. The van der Waals surface area contributed by atoms with Gasteiger partial charge in [-0.05, 0) is 25.0 Å². The Morgan fingerprint density at radius 3 is 2.79 bits per heavy atom. The monoisotopic (exact) mass is 197 g/mol. The zero-order chi connectivity index (χ0) is 10.1. The Hall–Kier alpha value is -1.65. The number of nitrogens with zero attached hydrogens (tertiary/aromatic N) is 1. The first-order chi connectivity index (χ1) is 6.66. The van der Waals surface area contributed by atoms with E-state index >= 15 is 0 Å². The third-order valence-corrected chi connectivity index (χ3v) is 1.85. The van der Waals surface area contributed by atoms with Gasteiger partial charge in [0.1, 0.15) is 0 Å². The van der Waals surface area contributed by atoms with Crippen molar-refractivity contribution in [2.24, 2.45) is 0 Å². The van der Waals surface area contributed by atoms with E-state index in [4.69, 9.17) is 9.84 Å². The molecule has 0 saturated heterocycles. The first-order valence-electron chi connectivity index (χ1n) is 4.23. The standard InChI is InChI=1S/C9H8FNO3/c10-8-7(14-5-1-2-5)4-3-6(11-8)9(12)13/h3-5H,1-2H2,(H,12,13). The number of carboxylic acid groups (broad SMARTS) is 1. The van der Waals surface area contributed by atoms with E-state index < -0.39 is 11.9 Å². The van der Waals surface area contributed by atoms with Gasteiger partial charge in [0.15, 0.2) is 11.4 Å². The molecule has 0 amide bonds. The smallest absolute Gasteiger partial charge is 0.354 e. The molecule has 4 nitrogen and oxygen atoms in total. The van der Waals surface area contributed by atoms with E-state index in [0.29, 0.717) is 0 Å². The molecule has 0 atom stereocenters. The lowest BCUT2D eigenvalue weighted by molar-refractivity contribution is 0.0689. The lowest BCUT2D eigenvalue weighted by Crippen LogP contribution is -2.05. The molecule has 0 aromatic carbocycles. The minimum atomic E-state index is -1.25. The average molecular weight is 197 g/mol. The zero-order valence-electron chi connectivity index (χ0n) is 7.24. The molecule has 74 valence electrons. The van der Waals surface area contributed by atoms with Crippen molar-refractivity contribution in [3.8, 4) is 5.75 Å². The number of rotatable bonds is 3. The van der Waals surface area contributed by atoms with Crippen LogP contribution in [0.15, 0.2) is 12.1 Å². The van der Waals surface area contributed by atoms with Crippen molar-refractivity contribution in [3.63, 3.8) is 0 Å². The molecular formula is C9H8FNO3. The summed E-state index contributed by atoms with van der Waals surface area (Å²) in [5, 5.41) is 8.52. The molecule has 0 bridgehead atoms. The molecule has 14 heavy (non-hydrogen) atoms. The van der Waals surface area contributed by atoms with Crippen molar-refractivity contribution in [3.05, 3.63) is 23.8 Å². The normalized spacial score (nSPS) is 15.2. The van der Waals surface area contributed by atoms with E-state index in [1.165, 1.54) is 12.1 Å². The largest absolute Gasteiger partial charge is 0.486 e. The number of carboxylic acids is 1. The Balaban J connectivity index is 2.21. The second-order valence-corrected chi connectivity index (χ2v) is 3.11. The number of aromatic carboxylic acids is 1. The molecule has 0 aliphatic heterocycles. The van der Waals surface area contributed by atoms with E-state index in [-0.39, 0.29) is 17.5 Å². The molecule has 0 unspecified atom stereocenters. The summed E-state index contributed by atoms with van der Waals surface area (Å²) >= 11 is 0. The third-order valence-electron chi connectivity index (χ3n) is 1.85. The molecule has 1 saturated carbocycles. The summed E-state index contributed by atoms with van der Waals surface area (Å²) in [6.07, 6.45) is 1.90. The fraction of sp³-hybridized carbons (Fsp3) is 0.333. The fourth-order valence-electron chi connectivity index (χ4n) is 0.994. The number of hydrogen-bond donors (Lipinski definition) is 1. The van der Waals surface area contributed by atoms with Crippen LogP contribution in [0.5, 0.6) is 5.75 Å². The summed E-state index contributed by atoms with van der Waals surface area (Å²) in [7, 11) is 0. The molecule has 2 rings (SSSR count). The van der Waals surface area contributed by atoms with Crippen LogP contribution in [0.3, 0.4) is 0 Å². The molecule has 1 aliphatic rings. The molecule has 0 spiro atoms. The van der Waals surface area contributed by atoms with Crippen LogP contribution in [0.1, 0.15) is 23.3 Å². The van der Waals surface area contributed by atoms with Gasteiger partial charge in [-0.2, -0.15) is 4.39 Å². The Morgan fingerprint density at radius 1 is 1.57 bits per heavy atom. The number of carbonyl (C=O) groups is 1. The Morgan fingerprint density at radius 2 is 2.29 bits per heavy atom. The first-order valence-corrected chi connectivity index (χ1v) is 4.23. The zero-order valence-corrected chi connectivity index (χ0v) is 7.24.